The summed E-state index contributed by atoms with van der Waals surface area (Å²) >= 11 is 1.43. The van der Waals surface area contributed by atoms with Gasteiger partial charge in [-0.2, -0.15) is 0 Å². The Balaban J connectivity index is 2.44. The number of benzene rings is 1. The van der Waals surface area contributed by atoms with Crippen molar-refractivity contribution in [1.82, 2.24) is 0 Å². The molecule has 12 heavy (non-hydrogen) atoms. The van der Waals surface area contributed by atoms with Crippen molar-refractivity contribution in [2.24, 2.45) is 0 Å². The lowest BCUT2D eigenvalue weighted by atomic mass is 10.2. The van der Waals surface area contributed by atoms with Gasteiger partial charge in [-0.25, -0.2) is 0 Å². The van der Waals surface area contributed by atoms with Gasteiger partial charge in [0.1, 0.15) is 0 Å². The first-order valence-corrected chi connectivity index (χ1v) is 4.73. The monoisotopic (exact) mass is 182 g/mol. The summed E-state index contributed by atoms with van der Waals surface area (Å²) < 4.78 is 5.53. The number of rotatable bonds is 2. The molecule has 2 heteroatoms. The Morgan fingerprint density at radius 1 is 1.08 bits per heavy atom. The molecule has 0 N–H and O–H groups in total. The van der Waals surface area contributed by atoms with Crippen LogP contribution in [0, 0.1) is 0 Å². The number of hydrogen-bond donors (Lipinski definition) is 0. The summed E-state index contributed by atoms with van der Waals surface area (Å²) in [6.07, 6.45) is 0. The van der Waals surface area contributed by atoms with E-state index in [0.717, 1.165) is 4.90 Å². The zero-order valence-electron chi connectivity index (χ0n) is 7.70. The van der Waals surface area contributed by atoms with Crippen LogP contribution in [-0.2, 0) is 4.18 Å². The average Bonchev–Trinajstić information content (AvgIpc) is 2.02. The second kappa shape index (κ2) is 3.97. The van der Waals surface area contributed by atoms with E-state index in [-0.39, 0.29) is 5.60 Å². The summed E-state index contributed by atoms with van der Waals surface area (Å²) in [5.41, 5.74) is -0.0828. The summed E-state index contributed by atoms with van der Waals surface area (Å²) in [6.45, 7) is 6.13. The minimum atomic E-state index is -0.0828. The standard InChI is InChI=1S/C10H14OS/c1-10(2,3)11-12-9-7-5-4-6-8-9/h4-8H,1-3H3. The van der Waals surface area contributed by atoms with Gasteiger partial charge in [-0.3, -0.25) is 0 Å². The highest BCUT2D eigenvalue weighted by molar-refractivity contribution is 7.94. The van der Waals surface area contributed by atoms with Gasteiger partial charge in [-0.1, -0.05) is 18.2 Å². The van der Waals surface area contributed by atoms with Gasteiger partial charge in [0.05, 0.1) is 5.60 Å². The van der Waals surface area contributed by atoms with Gasteiger partial charge in [0.2, 0.25) is 0 Å². The van der Waals surface area contributed by atoms with Crippen molar-refractivity contribution in [3.8, 4) is 0 Å². The lowest BCUT2D eigenvalue weighted by Crippen LogP contribution is -2.14. The van der Waals surface area contributed by atoms with Crippen LogP contribution in [0.3, 0.4) is 0 Å². The molecule has 0 spiro atoms. The van der Waals surface area contributed by atoms with E-state index in [9.17, 15) is 0 Å². The second-order valence-corrected chi connectivity index (χ2v) is 4.40. The first-order chi connectivity index (χ1) is 5.58. The second-order valence-electron chi connectivity index (χ2n) is 3.59. The Morgan fingerprint density at radius 3 is 2.17 bits per heavy atom. The third kappa shape index (κ3) is 3.79. The first kappa shape index (κ1) is 9.62. The Hall–Kier alpha value is -0.470. The van der Waals surface area contributed by atoms with E-state index in [1.807, 2.05) is 51.1 Å². The van der Waals surface area contributed by atoms with Crippen LogP contribution in [0.5, 0.6) is 0 Å². The van der Waals surface area contributed by atoms with Crippen molar-refractivity contribution in [3.63, 3.8) is 0 Å². The number of hydrogen-bond acceptors (Lipinski definition) is 2. The van der Waals surface area contributed by atoms with Gasteiger partial charge in [0, 0.05) is 16.9 Å². The topological polar surface area (TPSA) is 9.23 Å². The molecule has 0 aliphatic rings. The maximum absolute atomic E-state index is 5.53. The molecule has 0 amide bonds. The molecule has 0 fully saturated rings. The molecule has 0 saturated heterocycles. The molecular formula is C10H14OS. The fraction of sp³-hybridized carbons (Fsp3) is 0.400. The van der Waals surface area contributed by atoms with Gasteiger partial charge < -0.3 is 4.18 Å². The van der Waals surface area contributed by atoms with Gasteiger partial charge >= 0.3 is 0 Å². The summed E-state index contributed by atoms with van der Waals surface area (Å²) in [4.78, 5) is 1.15. The van der Waals surface area contributed by atoms with Crippen LogP contribution < -0.4 is 0 Å². The Bertz CT molecular complexity index is 225. The average molecular weight is 182 g/mol. The summed E-state index contributed by atoms with van der Waals surface area (Å²) in [6, 6.07) is 10.1. The van der Waals surface area contributed by atoms with E-state index in [1.165, 1.54) is 12.0 Å². The molecule has 0 atom stereocenters. The highest BCUT2D eigenvalue weighted by Gasteiger charge is 2.10. The first-order valence-electron chi connectivity index (χ1n) is 3.99. The van der Waals surface area contributed by atoms with Crippen molar-refractivity contribution in [1.29, 1.82) is 0 Å². The third-order valence-corrected chi connectivity index (χ3v) is 2.18. The van der Waals surface area contributed by atoms with E-state index in [4.69, 9.17) is 4.18 Å². The van der Waals surface area contributed by atoms with E-state index >= 15 is 0 Å². The van der Waals surface area contributed by atoms with Gasteiger partial charge in [-0.15, -0.1) is 0 Å². The third-order valence-electron chi connectivity index (χ3n) is 1.13. The van der Waals surface area contributed by atoms with Crippen molar-refractivity contribution < 1.29 is 4.18 Å². The van der Waals surface area contributed by atoms with E-state index < -0.39 is 0 Å². The molecule has 0 aromatic heterocycles. The molecular weight excluding hydrogens is 168 g/mol. The zero-order chi connectivity index (χ0) is 9.03. The maximum Gasteiger partial charge on any atom is 0.0749 e. The lowest BCUT2D eigenvalue weighted by molar-refractivity contribution is 0.165. The molecule has 0 unspecified atom stereocenters. The van der Waals surface area contributed by atoms with E-state index in [1.54, 1.807) is 0 Å². The molecule has 0 aliphatic heterocycles. The van der Waals surface area contributed by atoms with Gasteiger partial charge in [-0.05, 0) is 32.9 Å². The maximum atomic E-state index is 5.53. The van der Waals surface area contributed by atoms with Crippen LogP contribution >= 0.6 is 12.0 Å². The molecule has 66 valence electrons. The smallest absolute Gasteiger partial charge is 0.0749 e. The molecule has 0 saturated carbocycles. The summed E-state index contributed by atoms with van der Waals surface area (Å²) in [5, 5.41) is 0. The predicted molar refractivity (Wildman–Crippen MR) is 53.1 cm³/mol. The summed E-state index contributed by atoms with van der Waals surface area (Å²) in [7, 11) is 0. The van der Waals surface area contributed by atoms with Crippen LogP contribution in [0.2, 0.25) is 0 Å². The molecule has 1 rings (SSSR count). The van der Waals surface area contributed by atoms with E-state index in [2.05, 4.69) is 0 Å². The van der Waals surface area contributed by atoms with E-state index in [0.29, 0.717) is 0 Å². The van der Waals surface area contributed by atoms with Gasteiger partial charge in [0.15, 0.2) is 0 Å². The SMILES string of the molecule is CC(C)(C)OSc1ccccc1. The molecule has 1 aromatic carbocycles. The zero-order valence-corrected chi connectivity index (χ0v) is 8.52. The van der Waals surface area contributed by atoms with Gasteiger partial charge in [0.25, 0.3) is 0 Å². The molecule has 1 nitrogen and oxygen atoms in total. The minimum Gasteiger partial charge on any atom is -0.305 e. The normalized spacial score (nSPS) is 11.6. The largest absolute Gasteiger partial charge is 0.305 e. The Labute approximate surface area is 78.3 Å². The predicted octanol–water partition coefficient (Wildman–Crippen LogP) is 3.51. The minimum absolute atomic E-state index is 0.0828. The van der Waals surface area contributed by atoms with Crippen LogP contribution in [0.15, 0.2) is 35.2 Å². The molecule has 0 aliphatic carbocycles. The summed E-state index contributed by atoms with van der Waals surface area (Å²) in [5.74, 6) is 0. The van der Waals surface area contributed by atoms with Crippen LogP contribution in [-0.4, -0.2) is 5.60 Å². The molecule has 0 heterocycles. The lowest BCUT2D eigenvalue weighted by Gasteiger charge is -2.17. The van der Waals surface area contributed by atoms with Crippen LogP contribution in [0.1, 0.15) is 20.8 Å². The van der Waals surface area contributed by atoms with Crippen molar-refractivity contribution in [2.45, 2.75) is 31.3 Å². The van der Waals surface area contributed by atoms with Crippen molar-refractivity contribution >= 4 is 12.0 Å². The van der Waals surface area contributed by atoms with Crippen molar-refractivity contribution in [2.75, 3.05) is 0 Å². The fourth-order valence-corrected chi connectivity index (χ4v) is 1.26. The molecule has 0 radical (unpaired) electrons. The molecule has 1 aromatic rings. The van der Waals surface area contributed by atoms with Crippen molar-refractivity contribution in [3.05, 3.63) is 30.3 Å². The molecule has 0 bridgehead atoms. The Morgan fingerprint density at radius 2 is 1.67 bits per heavy atom. The quantitative estimate of drug-likeness (QED) is 0.647. The highest BCUT2D eigenvalue weighted by Crippen LogP contribution is 2.24. The van der Waals surface area contributed by atoms with Crippen LogP contribution in [0.25, 0.3) is 0 Å². The highest BCUT2D eigenvalue weighted by atomic mass is 32.2. The fourth-order valence-electron chi connectivity index (χ4n) is 0.649. The Kier molecular flexibility index (Phi) is 3.18. The van der Waals surface area contributed by atoms with Crippen LogP contribution in [0.4, 0.5) is 0 Å².